The molecule has 0 saturated heterocycles. The van der Waals surface area contributed by atoms with Crippen LogP contribution in [0.15, 0.2) is 64.4 Å². The molecule has 1 aliphatic rings. The number of nitrogens with zero attached hydrogens (tertiary/aromatic N) is 5. The molecule has 7 nitrogen and oxygen atoms in total. The van der Waals surface area contributed by atoms with E-state index in [9.17, 15) is 15.6 Å². The van der Waals surface area contributed by atoms with E-state index in [-0.39, 0.29) is 11.4 Å². The maximum absolute atomic E-state index is 11.5. The second kappa shape index (κ2) is 7.97. The largest absolute Gasteiger partial charge is 0.355 e. The Morgan fingerprint density at radius 3 is 2.50 bits per heavy atom. The Balaban J connectivity index is 1.94. The first-order valence-corrected chi connectivity index (χ1v) is 10.3. The van der Waals surface area contributed by atoms with Crippen molar-refractivity contribution in [3.8, 4) is 12.1 Å². The van der Waals surface area contributed by atoms with Crippen LogP contribution >= 0.6 is 0 Å². The van der Waals surface area contributed by atoms with Crippen LogP contribution in [-0.2, 0) is 6.54 Å². The molecule has 1 aliphatic heterocycles. The van der Waals surface area contributed by atoms with E-state index in [2.05, 4.69) is 46.1 Å². The average Bonchev–Trinajstić information content (AvgIpc) is 3.06. The third-order valence-corrected chi connectivity index (χ3v) is 5.87. The number of aliphatic hydroxyl groups is 1. The number of benzene rings is 2. The fraction of sp³-hybridized carbons (Fsp3) is 0.240. The smallest absolute Gasteiger partial charge is 0.225 e. The highest BCUT2D eigenvalue weighted by atomic mass is 16.3. The molecule has 0 saturated carbocycles. The molecule has 1 atom stereocenters. The van der Waals surface area contributed by atoms with Crippen molar-refractivity contribution < 1.29 is 5.11 Å². The Hall–Kier alpha value is -3.91. The summed E-state index contributed by atoms with van der Waals surface area (Å²) in [6.07, 6.45) is 1.85. The third-order valence-electron chi connectivity index (χ3n) is 5.87. The molecule has 160 valence electrons. The molecule has 2 N–H and O–H groups in total. The van der Waals surface area contributed by atoms with E-state index in [0.717, 1.165) is 28.4 Å². The minimum Gasteiger partial charge on any atom is -0.355 e. The summed E-state index contributed by atoms with van der Waals surface area (Å²) in [6, 6.07) is 18.3. The first-order valence-electron chi connectivity index (χ1n) is 10.3. The van der Waals surface area contributed by atoms with Crippen LogP contribution in [0.3, 0.4) is 0 Å². The second-order valence-electron chi connectivity index (χ2n) is 7.93. The number of hydrogen-bond acceptors (Lipinski definition) is 6. The maximum atomic E-state index is 11.5. The van der Waals surface area contributed by atoms with Crippen LogP contribution in [0.2, 0.25) is 0 Å². The molecule has 3 aromatic rings. The van der Waals surface area contributed by atoms with Crippen LogP contribution in [0.4, 0.5) is 0 Å². The van der Waals surface area contributed by atoms with Gasteiger partial charge in [0.25, 0.3) is 0 Å². The number of nitrogens with one attached hydrogen (secondary N) is 1. The van der Waals surface area contributed by atoms with Gasteiger partial charge in [0.2, 0.25) is 5.85 Å². The second-order valence-corrected chi connectivity index (χ2v) is 7.93. The fourth-order valence-electron chi connectivity index (χ4n) is 4.22. The third kappa shape index (κ3) is 3.25. The van der Waals surface area contributed by atoms with Crippen LogP contribution in [0.5, 0.6) is 0 Å². The summed E-state index contributed by atoms with van der Waals surface area (Å²) in [6.45, 7) is 4.71. The number of fused-ring (bicyclic) bond motifs is 3. The van der Waals surface area contributed by atoms with E-state index in [1.807, 2.05) is 36.4 Å². The maximum Gasteiger partial charge on any atom is 0.225 e. The molecule has 2 aromatic carbocycles. The van der Waals surface area contributed by atoms with Gasteiger partial charge in [-0.1, -0.05) is 24.3 Å². The van der Waals surface area contributed by atoms with Crippen LogP contribution in [0.1, 0.15) is 19.4 Å². The SMILES string of the molecule is CCn1c2ccccc2c2cc(/C=C3\C(C)=NC(C#N)=C(C#N)NC3(O)N(C)C)ccc21. The van der Waals surface area contributed by atoms with Gasteiger partial charge in [-0.15, -0.1) is 0 Å². The predicted octanol–water partition coefficient (Wildman–Crippen LogP) is 3.73. The van der Waals surface area contributed by atoms with E-state index in [1.165, 1.54) is 5.52 Å². The van der Waals surface area contributed by atoms with Gasteiger partial charge in [-0.05, 0) is 57.8 Å². The lowest BCUT2D eigenvalue weighted by atomic mass is 10.00. The zero-order valence-corrected chi connectivity index (χ0v) is 18.5. The standard InChI is InChI=1S/C25H24N6O/c1-5-31-23-9-7-6-8-18(23)19-12-17(10-11-24(19)31)13-20-16(2)28-21(14-26)22(15-27)29-25(20,32)30(3)4/h6-13,29,32H,5H2,1-4H3/b20-13+. The Morgan fingerprint density at radius 1 is 1.12 bits per heavy atom. The van der Waals surface area contributed by atoms with Gasteiger partial charge in [0.05, 0.1) is 0 Å². The van der Waals surface area contributed by atoms with Crippen molar-refractivity contribution in [1.29, 1.82) is 10.5 Å². The van der Waals surface area contributed by atoms with Gasteiger partial charge < -0.3 is 15.0 Å². The van der Waals surface area contributed by atoms with Crippen molar-refractivity contribution in [2.75, 3.05) is 14.1 Å². The number of nitriles is 2. The molecule has 1 aromatic heterocycles. The molecule has 0 radical (unpaired) electrons. The van der Waals surface area contributed by atoms with Crippen molar-refractivity contribution in [3.05, 3.63) is 65.0 Å². The first-order chi connectivity index (χ1) is 15.3. The summed E-state index contributed by atoms with van der Waals surface area (Å²) in [5.74, 6) is -1.72. The lowest BCUT2D eigenvalue weighted by Gasteiger charge is -2.36. The minimum atomic E-state index is -1.72. The predicted molar refractivity (Wildman–Crippen MR) is 126 cm³/mol. The molecule has 0 spiro atoms. The van der Waals surface area contributed by atoms with Crippen molar-refractivity contribution in [2.24, 2.45) is 4.99 Å². The number of para-hydroxylation sites is 1. The lowest BCUT2D eigenvalue weighted by molar-refractivity contribution is -0.0625. The molecular weight excluding hydrogens is 400 g/mol. The summed E-state index contributed by atoms with van der Waals surface area (Å²) >= 11 is 0. The highest BCUT2D eigenvalue weighted by Gasteiger charge is 2.39. The summed E-state index contributed by atoms with van der Waals surface area (Å²) in [5.41, 5.74) is 3.97. The topological polar surface area (TPSA) is 100 Å². The lowest BCUT2D eigenvalue weighted by Crippen LogP contribution is -2.57. The molecule has 0 bridgehead atoms. The molecule has 32 heavy (non-hydrogen) atoms. The number of aromatic nitrogens is 1. The van der Waals surface area contributed by atoms with Crippen LogP contribution in [0.25, 0.3) is 27.9 Å². The molecule has 4 rings (SSSR count). The minimum absolute atomic E-state index is 0.0601. The van der Waals surface area contributed by atoms with Crippen LogP contribution in [-0.4, -0.2) is 40.2 Å². The summed E-state index contributed by atoms with van der Waals surface area (Å²) in [4.78, 5) is 5.88. The molecule has 7 heteroatoms. The van der Waals surface area contributed by atoms with Crippen molar-refractivity contribution in [2.45, 2.75) is 26.2 Å². The Bertz CT molecular complexity index is 1410. The Morgan fingerprint density at radius 2 is 1.84 bits per heavy atom. The summed E-state index contributed by atoms with van der Waals surface area (Å²) in [7, 11) is 3.39. The van der Waals surface area contributed by atoms with Gasteiger partial charge in [0.15, 0.2) is 11.4 Å². The summed E-state index contributed by atoms with van der Waals surface area (Å²) in [5, 5.41) is 35.6. The molecule has 0 fully saturated rings. The number of aryl methyl sites for hydroxylation is 1. The van der Waals surface area contributed by atoms with Crippen LogP contribution < -0.4 is 5.32 Å². The Kier molecular flexibility index (Phi) is 5.31. The zero-order valence-electron chi connectivity index (χ0n) is 18.5. The van der Waals surface area contributed by atoms with E-state index >= 15 is 0 Å². The number of allylic oxidation sites excluding steroid dienone is 2. The van der Waals surface area contributed by atoms with E-state index in [1.54, 1.807) is 25.9 Å². The number of rotatable bonds is 3. The van der Waals surface area contributed by atoms with E-state index in [4.69, 9.17) is 0 Å². The number of hydrogen-bond donors (Lipinski definition) is 2. The first kappa shape index (κ1) is 21.3. The quantitative estimate of drug-likeness (QED) is 0.624. The average molecular weight is 425 g/mol. The van der Waals surface area contributed by atoms with Crippen molar-refractivity contribution in [3.63, 3.8) is 0 Å². The van der Waals surface area contributed by atoms with Gasteiger partial charge in [-0.3, -0.25) is 4.90 Å². The van der Waals surface area contributed by atoms with Gasteiger partial charge in [0, 0.05) is 39.6 Å². The highest BCUT2D eigenvalue weighted by molar-refractivity contribution is 6.09. The van der Waals surface area contributed by atoms with E-state index < -0.39 is 5.85 Å². The number of aliphatic imine (C=N–C) groups is 1. The van der Waals surface area contributed by atoms with Crippen LogP contribution in [0, 0.1) is 22.7 Å². The highest BCUT2D eigenvalue weighted by Crippen LogP contribution is 2.32. The Labute approximate surface area is 186 Å². The van der Waals surface area contributed by atoms with Crippen molar-refractivity contribution >= 4 is 33.6 Å². The molecular formula is C25H24N6O. The van der Waals surface area contributed by atoms with Gasteiger partial charge in [-0.25, -0.2) is 4.99 Å². The number of likely N-dealkylation sites (N-methyl/N-ethyl adjacent to an activating group) is 1. The van der Waals surface area contributed by atoms with Gasteiger partial charge >= 0.3 is 0 Å². The normalized spacial score (nSPS) is 20.2. The van der Waals surface area contributed by atoms with Gasteiger partial charge in [-0.2, -0.15) is 10.5 Å². The molecule has 0 amide bonds. The molecule has 0 aliphatic carbocycles. The van der Waals surface area contributed by atoms with E-state index in [0.29, 0.717) is 11.3 Å². The van der Waals surface area contributed by atoms with Gasteiger partial charge in [0.1, 0.15) is 12.1 Å². The molecule has 2 heterocycles. The van der Waals surface area contributed by atoms with Crippen molar-refractivity contribution in [1.82, 2.24) is 14.8 Å². The molecule has 1 unspecified atom stereocenters. The monoisotopic (exact) mass is 424 g/mol. The zero-order chi connectivity index (χ0) is 23.0. The fourth-order valence-corrected chi connectivity index (χ4v) is 4.22. The summed E-state index contributed by atoms with van der Waals surface area (Å²) < 4.78 is 2.28.